The number of carbonyl (C=O) groups is 4. The summed E-state index contributed by atoms with van der Waals surface area (Å²) in [6, 6.07) is 20.5. The third-order valence-electron chi connectivity index (χ3n) is 7.65. The Kier molecular flexibility index (Phi) is 7.48. The van der Waals surface area contributed by atoms with Gasteiger partial charge in [-0.1, -0.05) is 66.7 Å². The molecule has 6 rings (SSSR count). The molecule has 2 heterocycles. The van der Waals surface area contributed by atoms with Crippen LogP contribution in [0.25, 0.3) is 33.5 Å². The van der Waals surface area contributed by atoms with E-state index in [-0.39, 0.29) is 12.2 Å². The molecule has 12 heteroatoms. The maximum absolute atomic E-state index is 13.3. The molecule has 0 amide bonds. The number of rotatable bonds is 9. The SMILES string of the molecule is CCOc1nc2cccc(C(=O)OCC3C(=O)C(=O)C(=O)C3C)c2n1Cc1ccc(-c2ccccc2-c2noc(=O)[nH]2)cc1. The Morgan fingerprint density at radius 2 is 1.70 bits per heavy atom. The molecule has 1 aliphatic rings. The van der Waals surface area contributed by atoms with Crippen molar-refractivity contribution < 1.29 is 33.2 Å². The Hall–Kier alpha value is -5.65. The Labute approximate surface area is 249 Å². The van der Waals surface area contributed by atoms with Crippen LogP contribution in [-0.2, 0) is 25.7 Å². The normalized spacial score (nSPS) is 16.5. The molecular weight excluding hydrogens is 568 g/mol. The van der Waals surface area contributed by atoms with Crippen molar-refractivity contribution >= 4 is 34.4 Å². The van der Waals surface area contributed by atoms with Crippen LogP contribution in [-0.4, -0.2) is 56.2 Å². The predicted octanol–water partition coefficient (Wildman–Crippen LogP) is 3.62. The van der Waals surface area contributed by atoms with Crippen molar-refractivity contribution in [2.75, 3.05) is 13.2 Å². The van der Waals surface area contributed by atoms with Gasteiger partial charge in [-0.3, -0.25) is 28.5 Å². The van der Waals surface area contributed by atoms with E-state index in [0.717, 1.165) is 16.7 Å². The van der Waals surface area contributed by atoms with Gasteiger partial charge in [0.2, 0.25) is 11.6 Å². The van der Waals surface area contributed by atoms with Crippen LogP contribution in [0, 0.1) is 11.8 Å². The first kappa shape index (κ1) is 28.5. The smallest absolute Gasteiger partial charge is 0.439 e. The van der Waals surface area contributed by atoms with E-state index in [1.807, 2.05) is 55.5 Å². The molecule has 2 unspecified atom stereocenters. The Morgan fingerprint density at radius 3 is 2.36 bits per heavy atom. The predicted molar refractivity (Wildman–Crippen MR) is 156 cm³/mol. The fraction of sp³-hybridized carbons (Fsp3) is 0.219. The number of H-pyrrole nitrogens is 1. The molecule has 2 aromatic heterocycles. The number of benzene rings is 3. The molecule has 0 saturated heterocycles. The van der Waals surface area contributed by atoms with Crippen LogP contribution < -0.4 is 10.5 Å². The average Bonchev–Trinajstić information content (AvgIpc) is 3.68. The highest BCUT2D eigenvalue weighted by Crippen LogP contribution is 2.32. The summed E-state index contributed by atoms with van der Waals surface area (Å²) in [5.41, 5.74) is 4.49. The van der Waals surface area contributed by atoms with Gasteiger partial charge in [0.05, 0.1) is 35.7 Å². The monoisotopic (exact) mass is 594 g/mol. The first-order chi connectivity index (χ1) is 21.3. The van der Waals surface area contributed by atoms with E-state index in [9.17, 15) is 24.0 Å². The van der Waals surface area contributed by atoms with Crippen LogP contribution in [0.1, 0.15) is 29.8 Å². The molecule has 1 aliphatic carbocycles. The second-order valence-corrected chi connectivity index (χ2v) is 10.3. The minimum Gasteiger partial charge on any atom is -0.465 e. The first-order valence-electron chi connectivity index (χ1n) is 13.9. The zero-order chi connectivity index (χ0) is 31.0. The number of ketones is 3. The molecule has 222 valence electrons. The minimum absolute atomic E-state index is 0.198. The minimum atomic E-state index is -1.05. The number of nitrogens with one attached hydrogen (secondary N) is 1. The molecule has 44 heavy (non-hydrogen) atoms. The number of imidazole rings is 1. The van der Waals surface area contributed by atoms with Crippen molar-refractivity contribution in [3.63, 3.8) is 0 Å². The summed E-state index contributed by atoms with van der Waals surface area (Å²) in [4.78, 5) is 67.9. The average molecular weight is 595 g/mol. The number of aromatic amines is 1. The van der Waals surface area contributed by atoms with E-state index in [2.05, 4.69) is 19.6 Å². The van der Waals surface area contributed by atoms with Gasteiger partial charge in [-0.15, -0.1) is 0 Å². The van der Waals surface area contributed by atoms with Crippen molar-refractivity contribution in [2.24, 2.45) is 11.8 Å². The lowest BCUT2D eigenvalue weighted by atomic mass is 9.98. The van der Waals surface area contributed by atoms with Gasteiger partial charge in [0.1, 0.15) is 6.61 Å². The summed E-state index contributed by atoms with van der Waals surface area (Å²) in [7, 11) is 0. The van der Waals surface area contributed by atoms with E-state index < -0.39 is 40.9 Å². The molecule has 5 aromatic rings. The third-order valence-corrected chi connectivity index (χ3v) is 7.65. The van der Waals surface area contributed by atoms with E-state index in [1.165, 1.54) is 6.92 Å². The molecule has 1 fully saturated rings. The maximum Gasteiger partial charge on any atom is 0.439 e. The highest BCUT2D eigenvalue weighted by atomic mass is 16.5. The number of esters is 1. The Balaban J connectivity index is 1.30. The standard InChI is InChI=1S/C32H26N4O8/c1-3-42-31-33-24-10-6-9-22(30(40)43-16-23-17(2)26(37)28(39)27(23)38)25(24)36(31)15-18-11-13-19(14-12-18)20-7-4-5-8-21(20)29-34-32(41)44-35-29/h4-14,17,23H,3,15-16H2,1-2H3,(H,34,35,41). The van der Waals surface area contributed by atoms with Gasteiger partial charge in [-0.05, 0) is 35.7 Å². The molecular formula is C32H26N4O8. The number of fused-ring (bicyclic) bond motifs is 1. The van der Waals surface area contributed by atoms with Crippen LogP contribution in [0.3, 0.4) is 0 Å². The molecule has 12 nitrogen and oxygen atoms in total. The lowest BCUT2D eigenvalue weighted by molar-refractivity contribution is -0.141. The Bertz CT molecular complexity index is 1990. The number of carbonyl (C=O) groups excluding carboxylic acids is 4. The number of nitrogens with zero attached hydrogens (tertiary/aromatic N) is 3. The molecule has 0 bridgehead atoms. The molecule has 0 radical (unpaired) electrons. The van der Waals surface area contributed by atoms with E-state index in [0.29, 0.717) is 41.6 Å². The second-order valence-electron chi connectivity index (χ2n) is 10.3. The topological polar surface area (TPSA) is 163 Å². The van der Waals surface area contributed by atoms with Crippen molar-refractivity contribution in [3.05, 3.63) is 88.4 Å². The summed E-state index contributed by atoms with van der Waals surface area (Å²) in [5.74, 6) is -5.54. The van der Waals surface area contributed by atoms with Crippen molar-refractivity contribution in [1.29, 1.82) is 0 Å². The summed E-state index contributed by atoms with van der Waals surface area (Å²) >= 11 is 0. The van der Waals surface area contributed by atoms with Crippen LogP contribution in [0.15, 0.2) is 76.0 Å². The molecule has 2 atom stereocenters. The van der Waals surface area contributed by atoms with Gasteiger partial charge < -0.3 is 9.47 Å². The number of para-hydroxylation sites is 1. The van der Waals surface area contributed by atoms with Gasteiger partial charge >= 0.3 is 11.7 Å². The highest BCUT2D eigenvalue weighted by Gasteiger charge is 2.46. The van der Waals surface area contributed by atoms with Gasteiger partial charge in [0.25, 0.3) is 11.8 Å². The van der Waals surface area contributed by atoms with E-state index in [1.54, 1.807) is 22.8 Å². The molecule has 0 aliphatic heterocycles. The number of aromatic nitrogens is 4. The van der Waals surface area contributed by atoms with Crippen LogP contribution in [0.5, 0.6) is 6.01 Å². The van der Waals surface area contributed by atoms with Crippen LogP contribution in [0.4, 0.5) is 0 Å². The van der Waals surface area contributed by atoms with Gasteiger partial charge in [0.15, 0.2) is 5.82 Å². The largest absolute Gasteiger partial charge is 0.465 e. The zero-order valence-corrected chi connectivity index (χ0v) is 23.7. The molecule has 1 N–H and O–H groups in total. The summed E-state index contributed by atoms with van der Waals surface area (Å²) in [5, 5.41) is 3.82. The fourth-order valence-corrected chi connectivity index (χ4v) is 5.34. The number of hydrogen-bond acceptors (Lipinski definition) is 10. The second kappa shape index (κ2) is 11.6. The first-order valence-corrected chi connectivity index (χ1v) is 13.9. The van der Waals surface area contributed by atoms with E-state index >= 15 is 0 Å². The number of ether oxygens (including phenoxy) is 2. The highest BCUT2D eigenvalue weighted by molar-refractivity contribution is 6.68. The fourth-order valence-electron chi connectivity index (χ4n) is 5.34. The number of Topliss-reactive ketones (excluding diaryl/α,β-unsaturated/α-hetero) is 3. The van der Waals surface area contributed by atoms with Crippen molar-refractivity contribution in [1.82, 2.24) is 19.7 Å². The van der Waals surface area contributed by atoms with Gasteiger partial charge in [-0.25, -0.2) is 9.59 Å². The van der Waals surface area contributed by atoms with Gasteiger partial charge in [0, 0.05) is 11.5 Å². The van der Waals surface area contributed by atoms with Crippen LogP contribution >= 0.6 is 0 Å². The third kappa shape index (κ3) is 5.10. The zero-order valence-electron chi connectivity index (χ0n) is 23.7. The van der Waals surface area contributed by atoms with Crippen molar-refractivity contribution in [3.8, 4) is 28.5 Å². The Morgan fingerprint density at radius 1 is 0.955 bits per heavy atom. The lowest BCUT2D eigenvalue weighted by Gasteiger charge is -2.14. The van der Waals surface area contributed by atoms with Crippen molar-refractivity contribution in [2.45, 2.75) is 20.4 Å². The molecule has 0 spiro atoms. The van der Waals surface area contributed by atoms with Crippen LogP contribution in [0.2, 0.25) is 0 Å². The summed E-state index contributed by atoms with van der Waals surface area (Å²) in [6.45, 7) is 3.56. The summed E-state index contributed by atoms with van der Waals surface area (Å²) in [6.07, 6.45) is 0. The molecule has 3 aromatic carbocycles. The lowest BCUT2D eigenvalue weighted by Crippen LogP contribution is -2.24. The maximum atomic E-state index is 13.3. The summed E-state index contributed by atoms with van der Waals surface area (Å²) < 4.78 is 17.7. The van der Waals surface area contributed by atoms with E-state index in [4.69, 9.17) is 9.47 Å². The number of hydrogen-bond donors (Lipinski definition) is 1. The quantitative estimate of drug-likeness (QED) is 0.197. The van der Waals surface area contributed by atoms with Gasteiger partial charge in [-0.2, -0.15) is 4.98 Å². The molecule has 1 saturated carbocycles.